The minimum Gasteiger partial charge on any atom is -0.311 e. The highest BCUT2D eigenvalue weighted by atomic mass is 32.2. The zero-order chi connectivity index (χ0) is 12.3. The molecule has 1 saturated carbocycles. The Kier molecular flexibility index (Phi) is 4.79. The Hall–Kier alpha value is 0.270. The lowest BCUT2D eigenvalue weighted by Gasteiger charge is -2.39. The molecule has 1 unspecified atom stereocenters. The van der Waals surface area contributed by atoms with Crippen LogP contribution in [-0.4, -0.2) is 48.1 Å². The van der Waals surface area contributed by atoms with Crippen molar-refractivity contribution in [3.63, 3.8) is 0 Å². The van der Waals surface area contributed by atoms with E-state index in [1.165, 1.54) is 50.4 Å². The predicted octanol–water partition coefficient (Wildman–Crippen LogP) is 2.59. The van der Waals surface area contributed by atoms with Crippen molar-refractivity contribution in [3.8, 4) is 0 Å². The van der Waals surface area contributed by atoms with Crippen molar-refractivity contribution in [1.29, 1.82) is 0 Å². The monoisotopic (exact) mass is 256 g/mol. The molecule has 0 amide bonds. The minimum atomic E-state index is 0.488. The predicted molar refractivity (Wildman–Crippen MR) is 77.8 cm³/mol. The molecular weight excluding hydrogens is 228 g/mol. The van der Waals surface area contributed by atoms with Gasteiger partial charge in [-0.1, -0.05) is 20.8 Å². The van der Waals surface area contributed by atoms with E-state index in [2.05, 4.69) is 42.7 Å². The number of thioether (sulfide) groups is 1. The minimum absolute atomic E-state index is 0.488. The number of hydrogen-bond donors (Lipinski definition) is 1. The van der Waals surface area contributed by atoms with E-state index in [9.17, 15) is 0 Å². The van der Waals surface area contributed by atoms with Crippen molar-refractivity contribution < 1.29 is 0 Å². The molecule has 1 N–H and O–H groups in total. The summed E-state index contributed by atoms with van der Waals surface area (Å²) in [7, 11) is 0. The summed E-state index contributed by atoms with van der Waals surface area (Å²) in [5.41, 5.74) is 0.488. The van der Waals surface area contributed by atoms with Crippen LogP contribution >= 0.6 is 11.8 Å². The lowest BCUT2D eigenvalue weighted by atomic mass is 9.82. The van der Waals surface area contributed by atoms with Gasteiger partial charge in [-0.2, -0.15) is 11.8 Å². The third-order valence-electron chi connectivity index (χ3n) is 4.38. The molecule has 1 aliphatic carbocycles. The van der Waals surface area contributed by atoms with Gasteiger partial charge in [-0.25, -0.2) is 0 Å². The van der Waals surface area contributed by atoms with E-state index in [0.29, 0.717) is 11.5 Å². The molecule has 0 aromatic rings. The Morgan fingerprint density at radius 1 is 1.35 bits per heavy atom. The van der Waals surface area contributed by atoms with Crippen LogP contribution in [0.15, 0.2) is 0 Å². The van der Waals surface area contributed by atoms with Crippen molar-refractivity contribution in [2.75, 3.05) is 31.1 Å². The highest BCUT2D eigenvalue weighted by molar-refractivity contribution is 7.99. The highest BCUT2D eigenvalue weighted by Crippen LogP contribution is 2.34. The summed E-state index contributed by atoms with van der Waals surface area (Å²) in [6.45, 7) is 10.7. The maximum absolute atomic E-state index is 3.80. The standard InChI is InChI=1S/C14H28N2S/c1-4-16(12-5-6-12)9-8-15-13-11-17-10-7-14(13,2)3/h12-13,15H,4-11H2,1-3H3. The van der Waals surface area contributed by atoms with Crippen molar-refractivity contribution in [3.05, 3.63) is 0 Å². The summed E-state index contributed by atoms with van der Waals surface area (Å²) >= 11 is 2.11. The molecular formula is C14H28N2S. The lowest BCUT2D eigenvalue weighted by Crippen LogP contribution is -2.48. The molecule has 1 heterocycles. The molecule has 1 saturated heterocycles. The summed E-state index contributed by atoms with van der Waals surface area (Å²) in [6.07, 6.45) is 4.21. The maximum Gasteiger partial charge on any atom is 0.0210 e. The number of hydrogen-bond acceptors (Lipinski definition) is 3. The van der Waals surface area contributed by atoms with E-state index in [1.807, 2.05) is 0 Å². The fourth-order valence-electron chi connectivity index (χ4n) is 2.69. The van der Waals surface area contributed by atoms with Crippen LogP contribution in [-0.2, 0) is 0 Å². The molecule has 1 aliphatic heterocycles. The van der Waals surface area contributed by atoms with Crippen LogP contribution in [0, 0.1) is 5.41 Å². The second-order valence-corrected chi connectivity index (χ2v) is 7.33. The third kappa shape index (κ3) is 3.87. The second-order valence-electron chi connectivity index (χ2n) is 6.18. The van der Waals surface area contributed by atoms with E-state index >= 15 is 0 Å². The first-order valence-electron chi connectivity index (χ1n) is 7.18. The zero-order valence-corrected chi connectivity index (χ0v) is 12.5. The molecule has 0 spiro atoms. The fraction of sp³-hybridized carbons (Fsp3) is 1.00. The van der Waals surface area contributed by atoms with Crippen molar-refractivity contribution in [2.24, 2.45) is 5.41 Å². The second kappa shape index (κ2) is 5.94. The Bertz CT molecular complexity index is 238. The normalized spacial score (nSPS) is 28.6. The van der Waals surface area contributed by atoms with Gasteiger partial charge in [0.1, 0.15) is 0 Å². The number of nitrogens with zero attached hydrogens (tertiary/aromatic N) is 1. The SMILES string of the molecule is CCN(CCNC1CSCCC1(C)C)C1CC1. The Morgan fingerprint density at radius 3 is 2.71 bits per heavy atom. The van der Waals surface area contributed by atoms with Gasteiger partial charge in [0.25, 0.3) is 0 Å². The van der Waals surface area contributed by atoms with Crippen LogP contribution in [0.4, 0.5) is 0 Å². The first kappa shape index (κ1) is 13.7. The highest BCUT2D eigenvalue weighted by Gasteiger charge is 2.32. The largest absolute Gasteiger partial charge is 0.311 e. The van der Waals surface area contributed by atoms with Gasteiger partial charge >= 0.3 is 0 Å². The van der Waals surface area contributed by atoms with Gasteiger partial charge in [0.2, 0.25) is 0 Å². The Labute approximate surface area is 111 Å². The molecule has 2 rings (SSSR count). The third-order valence-corrected chi connectivity index (χ3v) is 5.44. The van der Waals surface area contributed by atoms with E-state index in [-0.39, 0.29) is 0 Å². The zero-order valence-electron chi connectivity index (χ0n) is 11.7. The number of rotatable bonds is 6. The Morgan fingerprint density at radius 2 is 2.12 bits per heavy atom. The van der Waals surface area contributed by atoms with E-state index < -0.39 is 0 Å². The van der Waals surface area contributed by atoms with Gasteiger partial charge in [0.15, 0.2) is 0 Å². The quantitative estimate of drug-likeness (QED) is 0.786. The summed E-state index contributed by atoms with van der Waals surface area (Å²) in [5.74, 6) is 2.64. The molecule has 1 atom stereocenters. The molecule has 17 heavy (non-hydrogen) atoms. The Balaban J connectivity index is 1.69. The van der Waals surface area contributed by atoms with Crippen LogP contribution in [0.25, 0.3) is 0 Å². The first-order chi connectivity index (χ1) is 8.13. The fourth-order valence-corrected chi connectivity index (χ4v) is 4.33. The molecule has 100 valence electrons. The van der Waals surface area contributed by atoms with Crippen molar-refractivity contribution >= 4 is 11.8 Å². The van der Waals surface area contributed by atoms with Crippen molar-refractivity contribution in [2.45, 2.75) is 52.1 Å². The number of nitrogens with one attached hydrogen (secondary N) is 1. The maximum atomic E-state index is 3.80. The number of likely N-dealkylation sites (N-methyl/N-ethyl adjacent to an activating group) is 1. The van der Waals surface area contributed by atoms with Gasteiger partial charge in [0, 0.05) is 30.9 Å². The van der Waals surface area contributed by atoms with E-state index in [0.717, 1.165) is 6.04 Å². The van der Waals surface area contributed by atoms with Gasteiger partial charge in [-0.3, -0.25) is 4.90 Å². The molecule has 0 aromatic heterocycles. The average Bonchev–Trinajstić information content (AvgIpc) is 3.10. The van der Waals surface area contributed by atoms with Gasteiger partial charge in [-0.15, -0.1) is 0 Å². The summed E-state index contributed by atoms with van der Waals surface area (Å²) < 4.78 is 0. The average molecular weight is 256 g/mol. The summed E-state index contributed by atoms with van der Waals surface area (Å²) in [4.78, 5) is 2.63. The van der Waals surface area contributed by atoms with E-state index in [1.54, 1.807) is 0 Å². The lowest BCUT2D eigenvalue weighted by molar-refractivity contribution is 0.223. The van der Waals surface area contributed by atoms with Crippen LogP contribution in [0.5, 0.6) is 0 Å². The molecule has 0 bridgehead atoms. The molecule has 3 heteroatoms. The first-order valence-corrected chi connectivity index (χ1v) is 8.34. The molecule has 0 radical (unpaired) electrons. The van der Waals surface area contributed by atoms with Gasteiger partial charge < -0.3 is 5.32 Å². The smallest absolute Gasteiger partial charge is 0.0210 e. The molecule has 2 fully saturated rings. The van der Waals surface area contributed by atoms with Crippen molar-refractivity contribution in [1.82, 2.24) is 10.2 Å². The van der Waals surface area contributed by atoms with Gasteiger partial charge in [-0.05, 0) is 37.0 Å². The molecule has 2 aliphatic rings. The van der Waals surface area contributed by atoms with Crippen LogP contribution in [0.1, 0.15) is 40.0 Å². The van der Waals surface area contributed by atoms with Crippen LogP contribution in [0.2, 0.25) is 0 Å². The van der Waals surface area contributed by atoms with E-state index in [4.69, 9.17) is 0 Å². The van der Waals surface area contributed by atoms with Gasteiger partial charge in [0.05, 0.1) is 0 Å². The summed E-state index contributed by atoms with van der Waals surface area (Å²) in [5, 5.41) is 3.80. The molecule has 2 nitrogen and oxygen atoms in total. The van der Waals surface area contributed by atoms with Crippen LogP contribution < -0.4 is 5.32 Å². The summed E-state index contributed by atoms with van der Waals surface area (Å²) in [6, 6.07) is 1.62. The van der Waals surface area contributed by atoms with Crippen LogP contribution in [0.3, 0.4) is 0 Å². The molecule has 0 aromatic carbocycles. The topological polar surface area (TPSA) is 15.3 Å².